The fraction of sp³-hybridized carbons (Fsp3) is 0.600. The first-order valence-corrected chi connectivity index (χ1v) is 4.90. The molecule has 2 saturated heterocycles. The fourth-order valence-electron chi connectivity index (χ4n) is 2.07. The van der Waals surface area contributed by atoms with Gasteiger partial charge in [-0.15, -0.1) is 0 Å². The molecule has 0 saturated carbocycles. The third-order valence-corrected chi connectivity index (χ3v) is 2.77. The molecule has 0 aromatic heterocycles. The molecule has 14 heavy (non-hydrogen) atoms. The van der Waals surface area contributed by atoms with Crippen molar-refractivity contribution in [2.45, 2.75) is 19.3 Å². The second kappa shape index (κ2) is 3.53. The molecule has 2 amide bonds. The van der Waals surface area contributed by atoms with Crippen LogP contribution in [0.4, 0.5) is 0 Å². The van der Waals surface area contributed by atoms with E-state index in [0.717, 1.165) is 31.5 Å². The lowest BCUT2D eigenvalue weighted by Gasteiger charge is -2.25. The van der Waals surface area contributed by atoms with Crippen molar-refractivity contribution in [3.63, 3.8) is 0 Å². The summed E-state index contributed by atoms with van der Waals surface area (Å²) in [7, 11) is 2.04. The maximum Gasteiger partial charge on any atom is 0.254 e. The summed E-state index contributed by atoms with van der Waals surface area (Å²) in [5.41, 5.74) is 1.85. The zero-order valence-corrected chi connectivity index (χ0v) is 8.30. The van der Waals surface area contributed by atoms with Crippen LogP contribution >= 0.6 is 0 Å². The Labute approximate surface area is 83.0 Å². The number of carbonyl (C=O) groups excluding carboxylic acids is 2. The van der Waals surface area contributed by atoms with Crippen molar-refractivity contribution in [2.24, 2.45) is 0 Å². The van der Waals surface area contributed by atoms with Crippen molar-refractivity contribution in [1.82, 2.24) is 10.2 Å². The number of imide groups is 1. The Balaban J connectivity index is 2.21. The molecule has 2 heterocycles. The largest absolute Gasteiger partial charge is 0.302 e. The third-order valence-electron chi connectivity index (χ3n) is 2.77. The van der Waals surface area contributed by atoms with Gasteiger partial charge in [-0.25, -0.2) is 0 Å². The number of likely N-dealkylation sites (tertiary alicyclic amines) is 1. The van der Waals surface area contributed by atoms with Gasteiger partial charge in [-0.2, -0.15) is 0 Å². The maximum atomic E-state index is 11.4. The summed E-state index contributed by atoms with van der Waals surface area (Å²) in [6, 6.07) is 0. The van der Waals surface area contributed by atoms with Gasteiger partial charge in [0.2, 0.25) is 5.91 Å². The van der Waals surface area contributed by atoms with Gasteiger partial charge < -0.3 is 4.90 Å². The highest BCUT2D eigenvalue weighted by molar-refractivity contribution is 6.13. The Bertz CT molecular complexity index is 320. The molecule has 1 N–H and O–H groups in total. The Morgan fingerprint density at radius 1 is 1.36 bits per heavy atom. The Morgan fingerprint density at radius 2 is 2.14 bits per heavy atom. The van der Waals surface area contributed by atoms with Crippen molar-refractivity contribution in [1.29, 1.82) is 0 Å². The number of rotatable bonds is 0. The van der Waals surface area contributed by atoms with Gasteiger partial charge in [-0.3, -0.25) is 14.9 Å². The number of piperidine rings is 1. The normalized spacial score (nSPS) is 29.5. The molecule has 2 rings (SSSR count). The van der Waals surface area contributed by atoms with Crippen LogP contribution in [0.25, 0.3) is 0 Å². The lowest BCUT2D eigenvalue weighted by molar-refractivity contribution is -0.124. The van der Waals surface area contributed by atoms with Crippen LogP contribution in [0.3, 0.4) is 0 Å². The molecule has 0 aromatic rings. The number of hydrogen-bond acceptors (Lipinski definition) is 3. The molecular formula is C10H14N2O2. The van der Waals surface area contributed by atoms with Crippen molar-refractivity contribution >= 4 is 11.8 Å². The predicted molar refractivity (Wildman–Crippen MR) is 51.5 cm³/mol. The Morgan fingerprint density at radius 3 is 2.71 bits per heavy atom. The summed E-state index contributed by atoms with van der Waals surface area (Å²) < 4.78 is 0. The maximum absolute atomic E-state index is 11.4. The highest BCUT2D eigenvalue weighted by Gasteiger charge is 2.28. The van der Waals surface area contributed by atoms with E-state index in [9.17, 15) is 9.59 Å². The van der Waals surface area contributed by atoms with Crippen LogP contribution in [0, 0.1) is 0 Å². The minimum absolute atomic E-state index is 0.161. The van der Waals surface area contributed by atoms with E-state index >= 15 is 0 Å². The van der Waals surface area contributed by atoms with Gasteiger partial charge in [0.25, 0.3) is 5.91 Å². The molecule has 0 radical (unpaired) electrons. The topological polar surface area (TPSA) is 49.4 Å². The third kappa shape index (κ3) is 1.70. The van der Waals surface area contributed by atoms with E-state index in [-0.39, 0.29) is 18.2 Å². The van der Waals surface area contributed by atoms with E-state index in [2.05, 4.69) is 10.2 Å². The molecule has 4 heteroatoms. The zero-order valence-electron chi connectivity index (χ0n) is 8.30. The predicted octanol–water partition coefficient (Wildman–Crippen LogP) is 0.0551. The second-order valence-corrected chi connectivity index (χ2v) is 3.98. The summed E-state index contributed by atoms with van der Waals surface area (Å²) >= 11 is 0. The second-order valence-electron chi connectivity index (χ2n) is 3.98. The van der Waals surface area contributed by atoms with Gasteiger partial charge in [0.15, 0.2) is 0 Å². The molecule has 0 bridgehead atoms. The van der Waals surface area contributed by atoms with Gasteiger partial charge in [0.1, 0.15) is 0 Å². The molecule has 2 aliphatic rings. The first-order valence-electron chi connectivity index (χ1n) is 4.90. The minimum atomic E-state index is -0.180. The number of amides is 2. The molecule has 2 fully saturated rings. The minimum Gasteiger partial charge on any atom is -0.302 e. The highest BCUT2D eigenvalue weighted by atomic mass is 16.2. The number of hydrogen-bond donors (Lipinski definition) is 1. The van der Waals surface area contributed by atoms with E-state index in [1.807, 2.05) is 7.05 Å². The van der Waals surface area contributed by atoms with Crippen LogP contribution < -0.4 is 5.32 Å². The van der Waals surface area contributed by atoms with Crippen molar-refractivity contribution < 1.29 is 9.59 Å². The molecule has 2 aliphatic heterocycles. The van der Waals surface area contributed by atoms with Crippen LogP contribution in [0.5, 0.6) is 0 Å². The highest BCUT2D eigenvalue weighted by Crippen LogP contribution is 2.22. The number of carbonyl (C=O) groups is 2. The quantitative estimate of drug-likeness (QED) is 0.438. The van der Waals surface area contributed by atoms with Gasteiger partial charge in [0.05, 0.1) is 6.42 Å². The number of likely N-dealkylation sites (N-methyl/N-ethyl adjacent to an activating group) is 1. The van der Waals surface area contributed by atoms with Crippen LogP contribution in [0.15, 0.2) is 11.1 Å². The molecule has 0 atom stereocenters. The van der Waals surface area contributed by atoms with E-state index in [1.54, 1.807) is 0 Å². The van der Waals surface area contributed by atoms with Crippen molar-refractivity contribution in [2.75, 3.05) is 20.1 Å². The van der Waals surface area contributed by atoms with Gasteiger partial charge >= 0.3 is 0 Å². The van der Waals surface area contributed by atoms with Gasteiger partial charge in [0, 0.05) is 12.1 Å². The lowest BCUT2D eigenvalue weighted by Crippen LogP contribution is -2.28. The summed E-state index contributed by atoms with van der Waals surface area (Å²) in [4.78, 5) is 24.6. The SMILES string of the molecule is CN1CCCC(=C2CC(=O)NC2=O)C1. The number of nitrogens with one attached hydrogen (secondary N) is 1. The van der Waals surface area contributed by atoms with Crippen LogP contribution in [-0.2, 0) is 9.59 Å². The zero-order chi connectivity index (χ0) is 10.1. The summed E-state index contributed by atoms with van der Waals surface area (Å²) in [5.74, 6) is -0.342. The van der Waals surface area contributed by atoms with Crippen molar-refractivity contribution in [3.8, 4) is 0 Å². The molecule has 0 aliphatic carbocycles. The first-order chi connectivity index (χ1) is 6.66. The lowest BCUT2D eigenvalue weighted by atomic mass is 9.98. The van der Waals surface area contributed by atoms with Gasteiger partial charge in [-0.1, -0.05) is 0 Å². The van der Waals surface area contributed by atoms with Crippen LogP contribution in [-0.4, -0.2) is 36.9 Å². The monoisotopic (exact) mass is 194 g/mol. The van der Waals surface area contributed by atoms with E-state index in [0.29, 0.717) is 5.57 Å². The van der Waals surface area contributed by atoms with Gasteiger partial charge in [-0.05, 0) is 32.0 Å². The standard InChI is InChI=1S/C10H14N2O2/c1-12-4-2-3-7(6-12)8-5-9(13)11-10(8)14/h2-6H2,1H3,(H,11,13,14). The Kier molecular flexibility index (Phi) is 2.37. The molecule has 4 nitrogen and oxygen atoms in total. The average Bonchev–Trinajstić information content (AvgIpc) is 2.45. The van der Waals surface area contributed by atoms with E-state index in [4.69, 9.17) is 0 Å². The van der Waals surface area contributed by atoms with Crippen LogP contribution in [0.2, 0.25) is 0 Å². The molecule has 0 unspecified atom stereocenters. The smallest absolute Gasteiger partial charge is 0.254 e. The number of nitrogens with zero attached hydrogens (tertiary/aromatic N) is 1. The summed E-state index contributed by atoms with van der Waals surface area (Å²) in [6.07, 6.45) is 2.32. The molecular weight excluding hydrogens is 180 g/mol. The van der Waals surface area contributed by atoms with Crippen molar-refractivity contribution in [3.05, 3.63) is 11.1 Å². The summed E-state index contributed by atoms with van der Waals surface area (Å²) in [6.45, 7) is 1.91. The fourth-order valence-corrected chi connectivity index (χ4v) is 2.07. The summed E-state index contributed by atoms with van der Waals surface area (Å²) in [5, 5.41) is 2.32. The molecule has 76 valence electrons. The molecule has 0 spiro atoms. The van der Waals surface area contributed by atoms with E-state index in [1.165, 1.54) is 0 Å². The average molecular weight is 194 g/mol. The molecule has 0 aromatic carbocycles. The Hall–Kier alpha value is -1.16. The van der Waals surface area contributed by atoms with E-state index < -0.39 is 0 Å². The van der Waals surface area contributed by atoms with Crippen LogP contribution in [0.1, 0.15) is 19.3 Å². The first kappa shape index (κ1) is 9.40.